The number of aliphatic hydroxyl groups is 3. The van der Waals surface area contributed by atoms with Gasteiger partial charge in [-0.15, -0.1) is 0 Å². The van der Waals surface area contributed by atoms with Crippen LogP contribution in [0.1, 0.15) is 13.2 Å². The quantitative estimate of drug-likeness (QED) is 0.466. The zero-order valence-electron chi connectivity index (χ0n) is 9.61. The highest BCUT2D eigenvalue weighted by Crippen LogP contribution is 2.36. The molecule has 4 N–H and O–H groups in total. The molecule has 0 radical (unpaired) electrons. The maximum absolute atomic E-state index is 11.6. The third-order valence-corrected chi connectivity index (χ3v) is 3.04. The number of aliphatic hydroxyl groups excluding tert-OH is 2. The Labute approximate surface area is 101 Å². The lowest BCUT2D eigenvalue weighted by molar-refractivity contribution is -0.0987. The monoisotopic (exact) mass is 258 g/mol. The maximum Gasteiger partial charge on any atom is 0.330 e. The topological polar surface area (TPSA) is 125 Å². The van der Waals surface area contributed by atoms with Crippen molar-refractivity contribution in [3.8, 4) is 0 Å². The first kappa shape index (κ1) is 13.0. The summed E-state index contributed by atoms with van der Waals surface area (Å²) in [6, 6.07) is 1.10. The second-order valence-corrected chi connectivity index (χ2v) is 4.40. The van der Waals surface area contributed by atoms with Gasteiger partial charge in [0.25, 0.3) is 5.56 Å². The standard InChI is InChI=1S/C10H14N2O6/c1-10(17)7(15)5(4-13)18-8(10)12-3-2-6(14)11-9(12)16/h2-3,5,7-8,13,15,17H,4H2,1H3,(H,11,14,16)/t5-,7?,8-,10+/m1/s1. The first-order valence-electron chi connectivity index (χ1n) is 5.36. The number of ether oxygens (including phenoxy) is 1. The van der Waals surface area contributed by atoms with Crippen molar-refractivity contribution in [3.05, 3.63) is 33.1 Å². The van der Waals surface area contributed by atoms with E-state index >= 15 is 0 Å². The molecule has 2 rings (SSSR count). The van der Waals surface area contributed by atoms with Gasteiger partial charge in [0.15, 0.2) is 6.23 Å². The molecule has 4 atom stereocenters. The van der Waals surface area contributed by atoms with Crippen LogP contribution in [-0.2, 0) is 4.74 Å². The van der Waals surface area contributed by atoms with Crippen LogP contribution in [0.25, 0.3) is 0 Å². The van der Waals surface area contributed by atoms with Crippen molar-refractivity contribution in [2.24, 2.45) is 0 Å². The van der Waals surface area contributed by atoms with Crippen LogP contribution in [0.15, 0.2) is 21.9 Å². The number of nitrogens with zero attached hydrogens (tertiary/aromatic N) is 1. The van der Waals surface area contributed by atoms with E-state index in [2.05, 4.69) is 0 Å². The van der Waals surface area contributed by atoms with Gasteiger partial charge in [0, 0.05) is 12.3 Å². The van der Waals surface area contributed by atoms with Crippen LogP contribution < -0.4 is 11.2 Å². The van der Waals surface area contributed by atoms with Crippen LogP contribution in [0.4, 0.5) is 0 Å². The summed E-state index contributed by atoms with van der Waals surface area (Å²) in [6.45, 7) is 0.793. The molecule has 1 aromatic heterocycles. The summed E-state index contributed by atoms with van der Waals surface area (Å²) in [5.41, 5.74) is -3.10. The predicted octanol–water partition coefficient (Wildman–Crippen LogP) is -2.46. The molecule has 1 aliphatic heterocycles. The fourth-order valence-corrected chi connectivity index (χ4v) is 2.00. The van der Waals surface area contributed by atoms with E-state index in [0.717, 1.165) is 16.8 Å². The summed E-state index contributed by atoms with van der Waals surface area (Å²) in [5, 5.41) is 28.9. The predicted molar refractivity (Wildman–Crippen MR) is 58.9 cm³/mol. The molecule has 1 saturated heterocycles. The van der Waals surface area contributed by atoms with E-state index in [1.165, 1.54) is 6.92 Å². The lowest BCUT2D eigenvalue weighted by Gasteiger charge is -2.27. The zero-order chi connectivity index (χ0) is 13.5. The lowest BCUT2D eigenvalue weighted by atomic mass is 9.96. The Morgan fingerprint density at radius 1 is 1.56 bits per heavy atom. The van der Waals surface area contributed by atoms with Crippen LogP contribution in [0.5, 0.6) is 0 Å². The third kappa shape index (κ3) is 1.89. The summed E-state index contributed by atoms with van der Waals surface area (Å²) in [4.78, 5) is 24.5. The van der Waals surface area contributed by atoms with Gasteiger partial charge in [-0.05, 0) is 6.92 Å². The SMILES string of the molecule is C[C@]1(O)C(O)[C@@H](CO)O[C@H]1n1ccc(=O)[nH]c1=O. The van der Waals surface area contributed by atoms with E-state index in [-0.39, 0.29) is 0 Å². The molecule has 0 bridgehead atoms. The molecule has 0 aromatic carbocycles. The van der Waals surface area contributed by atoms with Crippen molar-refractivity contribution < 1.29 is 20.1 Å². The van der Waals surface area contributed by atoms with Crippen molar-refractivity contribution in [1.82, 2.24) is 9.55 Å². The first-order chi connectivity index (χ1) is 8.37. The van der Waals surface area contributed by atoms with E-state index in [1.54, 1.807) is 0 Å². The Hall–Kier alpha value is -1.48. The minimum absolute atomic E-state index is 0.494. The van der Waals surface area contributed by atoms with Crippen LogP contribution in [0.3, 0.4) is 0 Å². The van der Waals surface area contributed by atoms with Crippen LogP contribution in [-0.4, -0.2) is 49.3 Å². The average Bonchev–Trinajstić information content (AvgIpc) is 2.52. The molecule has 0 saturated carbocycles. The minimum Gasteiger partial charge on any atom is -0.394 e. The molecule has 18 heavy (non-hydrogen) atoms. The normalized spacial score (nSPS) is 35.9. The number of hydrogen-bond acceptors (Lipinski definition) is 6. The Balaban J connectivity index is 2.45. The molecule has 2 heterocycles. The summed E-state index contributed by atoms with van der Waals surface area (Å²) in [5.74, 6) is 0. The summed E-state index contributed by atoms with van der Waals surface area (Å²) in [7, 11) is 0. The number of nitrogens with one attached hydrogen (secondary N) is 1. The Kier molecular flexibility index (Phi) is 3.11. The van der Waals surface area contributed by atoms with Gasteiger partial charge in [-0.2, -0.15) is 0 Å². The Bertz CT molecular complexity index is 548. The maximum atomic E-state index is 11.6. The van der Waals surface area contributed by atoms with Gasteiger partial charge >= 0.3 is 5.69 Å². The van der Waals surface area contributed by atoms with E-state index in [9.17, 15) is 19.8 Å². The molecule has 8 heteroatoms. The van der Waals surface area contributed by atoms with Crippen molar-refractivity contribution in [2.45, 2.75) is 31.0 Å². The number of aromatic amines is 1. The lowest BCUT2D eigenvalue weighted by Crippen LogP contribution is -2.46. The molecule has 0 spiro atoms. The summed E-state index contributed by atoms with van der Waals surface area (Å²) < 4.78 is 6.19. The summed E-state index contributed by atoms with van der Waals surface area (Å²) >= 11 is 0. The van der Waals surface area contributed by atoms with Crippen LogP contribution in [0, 0.1) is 0 Å². The highest BCUT2D eigenvalue weighted by molar-refractivity contribution is 5.00. The van der Waals surface area contributed by atoms with Crippen molar-refractivity contribution >= 4 is 0 Å². The van der Waals surface area contributed by atoms with Gasteiger partial charge in [-0.1, -0.05) is 0 Å². The van der Waals surface area contributed by atoms with Crippen molar-refractivity contribution in [2.75, 3.05) is 6.61 Å². The van der Waals surface area contributed by atoms with Gasteiger partial charge in [-0.3, -0.25) is 14.3 Å². The fourth-order valence-electron chi connectivity index (χ4n) is 2.00. The second kappa shape index (κ2) is 4.32. The number of aromatic nitrogens is 2. The Morgan fingerprint density at radius 3 is 2.72 bits per heavy atom. The molecule has 0 amide bonds. The molecule has 1 unspecified atom stereocenters. The van der Waals surface area contributed by atoms with E-state index in [0.29, 0.717) is 0 Å². The molecule has 1 fully saturated rings. The van der Waals surface area contributed by atoms with E-state index in [4.69, 9.17) is 9.84 Å². The minimum atomic E-state index is -1.75. The molecule has 1 aliphatic rings. The smallest absolute Gasteiger partial charge is 0.330 e. The second-order valence-electron chi connectivity index (χ2n) is 4.40. The molecule has 1 aromatic rings. The van der Waals surface area contributed by atoms with Crippen molar-refractivity contribution in [3.63, 3.8) is 0 Å². The van der Waals surface area contributed by atoms with E-state index in [1.807, 2.05) is 4.98 Å². The van der Waals surface area contributed by atoms with Gasteiger partial charge in [0.1, 0.15) is 17.8 Å². The molecule has 8 nitrogen and oxygen atoms in total. The fraction of sp³-hybridized carbons (Fsp3) is 0.600. The van der Waals surface area contributed by atoms with Gasteiger partial charge in [-0.25, -0.2) is 4.79 Å². The number of hydrogen-bond donors (Lipinski definition) is 4. The number of rotatable bonds is 2. The van der Waals surface area contributed by atoms with Crippen LogP contribution >= 0.6 is 0 Å². The van der Waals surface area contributed by atoms with Gasteiger partial charge < -0.3 is 20.1 Å². The highest BCUT2D eigenvalue weighted by Gasteiger charge is 2.53. The number of H-pyrrole nitrogens is 1. The first-order valence-corrected chi connectivity index (χ1v) is 5.36. The molecule has 100 valence electrons. The molecular weight excluding hydrogens is 244 g/mol. The van der Waals surface area contributed by atoms with E-state index < -0.39 is 41.9 Å². The van der Waals surface area contributed by atoms with Crippen molar-refractivity contribution in [1.29, 1.82) is 0 Å². The van der Waals surface area contributed by atoms with Gasteiger partial charge in [0.05, 0.1) is 6.61 Å². The Morgan fingerprint density at radius 2 is 2.22 bits per heavy atom. The average molecular weight is 258 g/mol. The molecular formula is C10H14N2O6. The highest BCUT2D eigenvalue weighted by atomic mass is 16.6. The third-order valence-electron chi connectivity index (χ3n) is 3.04. The molecule has 0 aliphatic carbocycles. The van der Waals surface area contributed by atoms with Gasteiger partial charge in [0.2, 0.25) is 0 Å². The zero-order valence-corrected chi connectivity index (χ0v) is 9.61. The van der Waals surface area contributed by atoms with Crippen LogP contribution in [0.2, 0.25) is 0 Å². The summed E-state index contributed by atoms with van der Waals surface area (Å²) in [6.07, 6.45) is -2.36. The largest absolute Gasteiger partial charge is 0.394 e.